The molecule has 0 radical (unpaired) electrons. The molecule has 0 aliphatic carbocycles. The monoisotopic (exact) mass is 706 g/mol. The van der Waals surface area contributed by atoms with E-state index >= 15 is 0 Å². The molecule has 11 heteroatoms. The molecule has 0 saturated carbocycles. The number of nitrogens with zero attached hydrogens (tertiary/aromatic N) is 2. The Labute approximate surface area is 293 Å². The molecule has 3 aromatic carbocycles. The van der Waals surface area contributed by atoms with Crippen LogP contribution in [0.4, 0.5) is 0 Å². The quantitative estimate of drug-likeness (QED) is 0.114. The zero-order chi connectivity index (χ0) is 34.5. The molecule has 0 spiro atoms. The van der Waals surface area contributed by atoms with Crippen LogP contribution in [0, 0.1) is 0 Å². The highest BCUT2D eigenvalue weighted by atomic mass is 35.5. The summed E-state index contributed by atoms with van der Waals surface area (Å²) in [5, 5.41) is 0.905. The van der Waals surface area contributed by atoms with Crippen molar-refractivity contribution in [1.29, 1.82) is 0 Å². The predicted molar refractivity (Wildman–Crippen MR) is 190 cm³/mol. The number of fused-ring (bicyclic) bond motifs is 1. The maximum atomic E-state index is 14.3. The number of para-hydroxylation sites is 1. The van der Waals surface area contributed by atoms with Gasteiger partial charge in [-0.25, -0.2) is 9.79 Å². The number of rotatable bonds is 12. The average Bonchev–Trinajstić information content (AvgIpc) is 3.35. The lowest BCUT2D eigenvalue weighted by atomic mass is 9.95. The Hall–Kier alpha value is -4.31. The number of ether oxygens (including phenoxy) is 4. The molecule has 48 heavy (non-hydrogen) atoms. The fourth-order valence-electron chi connectivity index (χ4n) is 5.48. The molecule has 1 atom stereocenters. The number of benzene rings is 3. The lowest BCUT2D eigenvalue weighted by Crippen LogP contribution is -2.40. The van der Waals surface area contributed by atoms with Crippen molar-refractivity contribution in [2.75, 3.05) is 13.7 Å². The number of aromatic nitrogens is 1. The van der Waals surface area contributed by atoms with Crippen molar-refractivity contribution in [3.8, 4) is 17.2 Å². The van der Waals surface area contributed by atoms with Gasteiger partial charge in [-0.3, -0.25) is 9.36 Å². The lowest BCUT2D eigenvalue weighted by molar-refractivity contribution is -0.139. The van der Waals surface area contributed by atoms with Crippen molar-refractivity contribution in [3.63, 3.8) is 0 Å². The minimum atomic E-state index is -0.805. The second-order valence-corrected chi connectivity index (χ2v) is 13.1. The zero-order valence-electron chi connectivity index (χ0n) is 27.3. The van der Waals surface area contributed by atoms with Gasteiger partial charge >= 0.3 is 5.97 Å². The van der Waals surface area contributed by atoms with Gasteiger partial charge in [0.1, 0.15) is 18.4 Å². The molecule has 4 aromatic rings. The SMILES string of the molecule is C=CCc1cc(/C=c2/sc3n(c2=O)[C@@H](c2ccccc2OC(C)C)C(C(=O)OCC)=C(C)N=3)cc(OC)c1OCc1ccc(Cl)c(Cl)c1. The van der Waals surface area contributed by atoms with E-state index in [1.54, 1.807) is 49.8 Å². The molecule has 1 aliphatic rings. The summed E-state index contributed by atoms with van der Waals surface area (Å²) in [5.41, 5.74) is 3.50. The first-order chi connectivity index (χ1) is 23.1. The molecular formula is C37H36Cl2N2O6S. The number of carbonyl (C=O) groups excluding carboxylic acids is 1. The Morgan fingerprint density at radius 3 is 2.56 bits per heavy atom. The first-order valence-corrected chi connectivity index (χ1v) is 17.0. The minimum absolute atomic E-state index is 0.131. The van der Waals surface area contributed by atoms with Gasteiger partial charge in [-0.2, -0.15) is 0 Å². The lowest BCUT2D eigenvalue weighted by Gasteiger charge is -2.26. The Balaban J connectivity index is 1.63. The number of thiazole rings is 1. The summed E-state index contributed by atoms with van der Waals surface area (Å²) in [6.07, 6.45) is 3.92. The van der Waals surface area contributed by atoms with Gasteiger partial charge in [0, 0.05) is 11.1 Å². The van der Waals surface area contributed by atoms with Crippen molar-refractivity contribution in [2.24, 2.45) is 4.99 Å². The number of carbonyl (C=O) groups is 1. The molecule has 8 nitrogen and oxygen atoms in total. The Morgan fingerprint density at radius 2 is 1.88 bits per heavy atom. The predicted octanol–water partition coefficient (Wildman–Crippen LogP) is 7.21. The van der Waals surface area contributed by atoms with Gasteiger partial charge in [-0.05, 0) is 81.7 Å². The van der Waals surface area contributed by atoms with Crippen LogP contribution in [0.1, 0.15) is 56.0 Å². The summed E-state index contributed by atoms with van der Waals surface area (Å²) < 4.78 is 25.5. The maximum Gasteiger partial charge on any atom is 0.338 e. The average molecular weight is 708 g/mol. The third-order valence-corrected chi connectivity index (χ3v) is 9.22. The van der Waals surface area contributed by atoms with Crippen LogP contribution in [0.5, 0.6) is 17.2 Å². The number of halogens is 2. The topological polar surface area (TPSA) is 88.4 Å². The second-order valence-electron chi connectivity index (χ2n) is 11.2. The summed E-state index contributed by atoms with van der Waals surface area (Å²) in [6, 6.07) is 15.7. The number of hydrogen-bond donors (Lipinski definition) is 0. The van der Waals surface area contributed by atoms with Gasteiger partial charge in [0.15, 0.2) is 16.3 Å². The molecular weight excluding hydrogens is 671 g/mol. The van der Waals surface area contributed by atoms with Crippen LogP contribution >= 0.6 is 34.5 Å². The second kappa shape index (κ2) is 15.3. The molecule has 5 rings (SSSR count). The van der Waals surface area contributed by atoms with Crippen molar-refractivity contribution >= 4 is 46.6 Å². The van der Waals surface area contributed by atoms with E-state index in [0.29, 0.717) is 54.3 Å². The smallest absolute Gasteiger partial charge is 0.338 e. The molecule has 250 valence electrons. The van der Waals surface area contributed by atoms with Gasteiger partial charge < -0.3 is 18.9 Å². The van der Waals surface area contributed by atoms with Gasteiger partial charge in [0.25, 0.3) is 5.56 Å². The largest absolute Gasteiger partial charge is 0.493 e. The minimum Gasteiger partial charge on any atom is -0.493 e. The molecule has 0 amide bonds. The van der Waals surface area contributed by atoms with Gasteiger partial charge in [-0.1, -0.05) is 64.9 Å². The fraction of sp³-hybridized carbons (Fsp3) is 0.270. The molecule has 0 N–H and O–H groups in total. The van der Waals surface area contributed by atoms with Crippen molar-refractivity contribution in [3.05, 3.63) is 131 Å². The molecule has 1 aromatic heterocycles. The van der Waals surface area contributed by atoms with E-state index in [4.69, 9.17) is 47.1 Å². The Kier molecular flexibility index (Phi) is 11.1. The zero-order valence-corrected chi connectivity index (χ0v) is 29.7. The van der Waals surface area contributed by atoms with E-state index in [-0.39, 0.29) is 30.5 Å². The van der Waals surface area contributed by atoms with Crippen LogP contribution in [-0.4, -0.2) is 30.4 Å². The van der Waals surface area contributed by atoms with Gasteiger partial charge in [0.05, 0.1) is 45.7 Å². The molecule has 0 fully saturated rings. The van der Waals surface area contributed by atoms with Crippen LogP contribution in [0.25, 0.3) is 6.08 Å². The fourth-order valence-corrected chi connectivity index (χ4v) is 6.85. The summed E-state index contributed by atoms with van der Waals surface area (Å²) in [4.78, 5) is 32.8. The van der Waals surface area contributed by atoms with E-state index in [1.807, 2.05) is 56.3 Å². The molecule has 2 heterocycles. The molecule has 0 saturated heterocycles. The van der Waals surface area contributed by atoms with E-state index < -0.39 is 12.0 Å². The standard InChI is InChI=1S/C37H36Cl2N2O6S/c1-7-11-25-16-24(18-30(44-6)34(25)46-20-23-14-15-27(38)28(39)17-23)19-31-35(42)41-33(26-12-9-10-13-29(26)47-21(3)4)32(36(43)45-8-2)22(5)40-37(41)48-31/h7,9-10,12-19,21,33H,1,8,11,20H2,2-6H3/b31-19+/t33-/m0/s1. The van der Waals surface area contributed by atoms with Gasteiger partial charge in [0.2, 0.25) is 0 Å². The Morgan fingerprint density at radius 1 is 1.10 bits per heavy atom. The van der Waals surface area contributed by atoms with E-state index in [2.05, 4.69) is 6.58 Å². The summed E-state index contributed by atoms with van der Waals surface area (Å²) in [6.45, 7) is 11.7. The molecule has 0 bridgehead atoms. The summed E-state index contributed by atoms with van der Waals surface area (Å²) >= 11 is 13.5. The van der Waals surface area contributed by atoms with E-state index in [0.717, 1.165) is 16.7 Å². The third-order valence-electron chi connectivity index (χ3n) is 7.50. The van der Waals surface area contributed by atoms with Crippen LogP contribution in [-0.2, 0) is 22.6 Å². The van der Waals surface area contributed by atoms with Crippen molar-refractivity contribution < 1.29 is 23.7 Å². The highest BCUT2D eigenvalue weighted by Gasteiger charge is 2.35. The highest BCUT2D eigenvalue weighted by Crippen LogP contribution is 2.37. The van der Waals surface area contributed by atoms with Crippen molar-refractivity contribution in [2.45, 2.75) is 52.9 Å². The number of allylic oxidation sites excluding steroid dienone is 2. The first kappa shape index (κ1) is 35.0. The first-order valence-electron chi connectivity index (χ1n) is 15.4. The maximum absolute atomic E-state index is 14.3. The summed E-state index contributed by atoms with van der Waals surface area (Å²) in [5.74, 6) is 1.08. The number of methoxy groups -OCH3 is 1. The number of esters is 1. The highest BCUT2D eigenvalue weighted by molar-refractivity contribution is 7.07. The van der Waals surface area contributed by atoms with Crippen molar-refractivity contribution in [1.82, 2.24) is 4.57 Å². The normalized spacial score (nSPS) is 14.4. The third kappa shape index (κ3) is 7.38. The molecule has 1 aliphatic heterocycles. The van der Waals surface area contributed by atoms with Crippen LogP contribution in [0.15, 0.2) is 88.3 Å². The molecule has 0 unspecified atom stereocenters. The van der Waals surface area contributed by atoms with Crippen LogP contribution < -0.4 is 29.1 Å². The van der Waals surface area contributed by atoms with E-state index in [1.165, 1.54) is 11.3 Å². The van der Waals surface area contributed by atoms with Gasteiger partial charge in [-0.15, -0.1) is 6.58 Å². The van der Waals surface area contributed by atoms with Crippen LogP contribution in [0.3, 0.4) is 0 Å². The summed E-state index contributed by atoms with van der Waals surface area (Å²) in [7, 11) is 1.56. The Bertz CT molecular complexity index is 2080. The van der Waals surface area contributed by atoms with Crippen LogP contribution in [0.2, 0.25) is 10.0 Å². The number of hydrogen-bond acceptors (Lipinski definition) is 8. The van der Waals surface area contributed by atoms with E-state index in [9.17, 15) is 9.59 Å².